The second-order valence-corrected chi connectivity index (χ2v) is 10.5. The van der Waals surface area contributed by atoms with Gasteiger partial charge >= 0.3 is 11.9 Å². The van der Waals surface area contributed by atoms with Crippen molar-refractivity contribution in [3.63, 3.8) is 0 Å². The van der Waals surface area contributed by atoms with E-state index in [0.717, 1.165) is 6.42 Å². The Morgan fingerprint density at radius 1 is 1.13 bits per heavy atom. The van der Waals surface area contributed by atoms with E-state index >= 15 is 0 Å². The number of carbonyl (C=O) groups excluding carboxylic acids is 4. The number of esters is 1. The molecular formula is C24H34O7. The number of hydrogen-bond acceptors (Lipinski definition) is 6. The molecule has 7 nitrogen and oxygen atoms in total. The minimum absolute atomic E-state index is 0.0150. The third kappa shape index (κ3) is 4.08. The Hall–Kier alpha value is -2.05. The van der Waals surface area contributed by atoms with Gasteiger partial charge in [-0.1, -0.05) is 27.7 Å². The summed E-state index contributed by atoms with van der Waals surface area (Å²) in [5, 5.41) is 9.15. The molecule has 0 radical (unpaired) electrons. The molecule has 172 valence electrons. The topological polar surface area (TPSA) is 115 Å². The third-order valence-corrected chi connectivity index (χ3v) is 8.36. The predicted octanol–water partition coefficient (Wildman–Crippen LogP) is 3.23. The van der Waals surface area contributed by atoms with Crippen molar-refractivity contribution in [2.45, 2.75) is 72.6 Å². The van der Waals surface area contributed by atoms with E-state index in [0.29, 0.717) is 19.3 Å². The van der Waals surface area contributed by atoms with E-state index in [-0.39, 0.29) is 66.9 Å². The minimum Gasteiger partial charge on any atom is -0.481 e. The number of ether oxygens (including phenoxy) is 1. The summed E-state index contributed by atoms with van der Waals surface area (Å²) >= 11 is 0. The van der Waals surface area contributed by atoms with E-state index in [9.17, 15) is 24.0 Å². The Bertz CT molecular complexity index is 800. The summed E-state index contributed by atoms with van der Waals surface area (Å²) in [4.78, 5) is 62.1. The lowest BCUT2D eigenvalue weighted by molar-refractivity contribution is -0.162. The molecule has 0 saturated heterocycles. The van der Waals surface area contributed by atoms with E-state index in [1.54, 1.807) is 20.8 Å². The van der Waals surface area contributed by atoms with Gasteiger partial charge in [-0.05, 0) is 42.9 Å². The fraction of sp³-hybridized carbons (Fsp3) is 0.792. The molecule has 1 N–H and O–H groups in total. The Labute approximate surface area is 183 Å². The van der Waals surface area contributed by atoms with Crippen LogP contribution in [0.15, 0.2) is 0 Å². The monoisotopic (exact) mass is 434 g/mol. The van der Waals surface area contributed by atoms with Crippen LogP contribution in [-0.2, 0) is 28.7 Å². The van der Waals surface area contributed by atoms with Gasteiger partial charge in [0.2, 0.25) is 0 Å². The Balaban J connectivity index is 1.82. The molecule has 0 amide bonds. The Morgan fingerprint density at radius 3 is 2.42 bits per heavy atom. The number of hydrogen-bond donors (Lipinski definition) is 1. The largest absolute Gasteiger partial charge is 0.481 e. The molecular weight excluding hydrogens is 400 g/mol. The lowest BCUT2D eigenvalue weighted by atomic mass is 9.48. The van der Waals surface area contributed by atoms with Crippen LogP contribution in [0.3, 0.4) is 0 Å². The highest BCUT2D eigenvalue weighted by Gasteiger charge is 2.63. The smallest absolute Gasteiger partial charge is 0.308 e. The zero-order valence-corrected chi connectivity index (χ0v) is 18.9. The molecule has 0 heterocycles. The van der Waals surface area contributed by atoms with Crippen LogP contribution >= 0.6 is 0 Å². The lowest BCUT2D eigenvalue weighted by Gasteiger charge is -2.54. The zero-order chi connectivity index (χ0) is 23.1. The summed E-state index contributed by atoms with van der Waals surface area (Å²) in [5.41, 5.74) is -1.46. The highest BCUT2D eigenvalue weighted by Crippen LogP contribution is 2.63. The molecule has 0 bridgehead atoms. The van der Waals surface area contributed by atoms with Crippen LogP contribution in [0.4, 0.5) is 0 Å². The van der Waals surface area contributed by atoms with Gasteiger partial charge in [0, 0.05) is 36.5 Å². The predicted molar refractivity (Wildman–Crippen MR) is 111 cm³/mol. The first kappa shape index (κ1) is 23.6. The fourth-order valence-electron chi connectivity index (χ4n) is 6.73. The maximum Gasteiger partial charge on any atom is 0.308 e. The van der Waals surface area contributed by atoms with Crippen LogP contribution in [0.5, 0.6) is 0 Å². The first-order valence-electron chi connectivity index (χ1n) is 11.4. The number of ketones is 3. The fourth-order valence-corrected chi connectivity index (χ4v) is 6.73. The average molecular weight is 435 g/mol. The van der Waals surface area contributed by atoms with Gasteiger partial charge in [-0.15, -0.1) is 0 Å². The molecule has 7 heteroatoms. The summed E-state index contributed by atoms with van der Waals surface area (Å²) < 4.78 is 5.16. The molecule has 6 atom stereocenters. The Kier molecular flexibility index (Phi) is 6.45. The van der Waals surface area contributed by atoms with Crippen LogP contribution in [0.1, 0.15) is 72.6 Å². The second kappa shape index (κ2) is 8.47. The van der Waals surface area contributed by atoms with Crippen molar-refractivity contribution in [1.29, 1.82) is 0 Å². The molecule has 3 aliphatic carbocycles. The minimum atomic E-state index is -0.966. The first-order chi connectivity index (χ1) is 14.4. The molecule has 0 unspecified atom stereocenters. The number of Topliss-reactive ketones (excluding diaryl/α,β-unsaturated/α-hetero) is 3. The van der Waals surface area contributed by atoms with E-state index in [4.69, 9.17) is 9.84 Å². The molecule has 0 aliphatic heterocycles. The lowest BCUT2D eigenvalue weighted by Crippen LogP contribution is -2.57. The zero-order valence-electron chi connectivity index (χ0n) is 18.9. The van der Waals surface area contributed by atoms with Gasteiger partial charge in [0.05, 0.1) is 5.92 Å². The van der Waals surface area contributed by atoms with Crippen molar-refractivity contribution < 1.29 is 33.8 Å². The quantitative estimate of drug-likeness (QED) is 0.612. The van der Waals surface area contributed by atoms with Gasteiger partial charge in [0.1, 0.15) is 18.2 Å². The first-order valence-corrected chi connectivity index (χ1v) is 11.4. The molecule has 0 aromatic rings. The molecule has 3 fully saturated rings. The molecule has 0 spiro atoms. The molecule has 0 aromatic carbocycles. The summed E-state index contributed by atoms with van der Waals surface area (Å²) in [6, 6.07) is 0. The number of rotatable bonds is 7. The summed E-state index contributed by atoms with van der Waals surface area (Å²) in [5.74, 6) is -2.56. The molecule has 0 aromatic heterocycles. The molecule has 3 aliphatic rings. The van der Waals surface area contributed by atoms with Crippen molar-refractivity contribution in [3.8, 4) is 0 Å². The van der Waals surface area contributed by atoms with Crippen LogP contribution in [-0.4, -0.2) is 41.0 Å². The maximum absolute atomic E-state index is 13.4. The van der Waals surface area contributed by atoms with Crippen LogP contribution in [0, 0.1) is 40.4 Å². The maximum atomic E-state index is 13.4. The van der Waals surface area contributed by atoms with Crippen molar-refractivity contribution in [2.75, 3.05) is 6.61 Å². The van der Waals surface area contributed by atoms with E-state index in [1.165, 1.54) is 0 Å². The molecule has 31 heavy (non-hydrogen) atoms. The summed E-state index contributed by atoms with van der Waals surface area (Å²) in [6.45, 7) is 6.92. The van der Waals surface area contributed by atoms with Crippen molar-refractivity contribution in [1.82, 2.24) is 0 Å². The van der Waals surface area contributed by atoms with Crippen molar-refractivity contribution >= 4 is 29.3 Å². The number of carboxylic acids is 1. The number of fused-ring (bicyclic) bond motifs is 3. The van der Waals surface area contributed by atoms with Crippen LogP contribution in [0.2, 0.25) is 0 Å². The number of aliphatic carboxylic acids is 1. The highest BCUT2D eigenvalue weighted by atomic mass is 16.5. The number of carboxylic acid groups (broad SMARTS) is 1. The van der Waals surface area contributed by atoms with Crippen LogP contribution in [0.25, 0.3) is 0 Å². The summed E-state index contributed by atoms with van der Waals surface area (Å²) in [6.07, 6.45) is 2.65. The highest BCUT2D eigenvalue weighted by molar-refractivity contribution is 5.96. The Morgan fingerprint density at radius 2 is 1.81 bits per heavy atom. The molecule has 3 rings (SSSR count). The van der Waals surface area contributed by atoms with E-state index in [2.05, 4.69) is 0 Å². The van der Waals surface area contributed by atoms with E-state index < -0.39 is 28.7 Å². The second-order valence-electron chi connectivity index (χ2n) is 10.5. The van der Waals surface area contributed by atoms with Gasteiger partial charge in [-0.25, -0.2) is 0 Å². The van der Waals surface area contributed by atoms with Gasteiger partial charge in [0.15, 0.2) is 5.78 Å². The van der Waals surface area contributed by atoms with Crippen LogP contribution < -0.4 is 0 Å². The third-order valence-electron chi connectivity index (χ3n) is 8.36. The SMILES string of the molecule is CC(C)C(=O)OCC(=O)[C@H]1CC[C@H]2[C@@H]3CCC(=O)[C@](C)(CCC(=O)O)[C@H]3C(=O)C[C@]12C. The normalized spacial score (nSPS) is 37.3. The molecule has 3 saturated carbocycles. The van der Waals surface area contributed by atoms with Gasteiger partial charge in [-0.2, -0.15) is 0 Å². The van der Waals surface area contributed by atoms with Gasteiger partial charge < -0.3 is 9.84 Å². The van der Waals surface area contributed by atoms with Gasteiger partial charge in [0.25, 0.3) is 0 Å². The number of carbonyl (C=O) groups is 5. The van der Waals surface area contributed by atoms with Crippen molar-refractivity contribution in [2.24, 2.45) is 40.4 Å². The average Bonchev–Trinajstić information content (AvgIpc) is 3.03. The van der Waals surface area contributed by atoms with Gasteiger partial charge in [-0.3, -0.25) is 24.0 Å². The van der Waals surface area contributed by atoms with Crippen molar-refractivity contribution in [3.05, 3.63) is 0 Å². The summed E-state index contributed by atoms with van der Waals surface area (Å²) in [7, 11) is 0. The van der Waals surface area contributed by atoms with E-state index in [1.807, 2.05) is 6.92 Å². The standard InChI is InChI=1S/C24H34O7/c1-13(2)22(30)31-12-18(26)16-7-6-15-14-5-8-19(27)23(3,10-9-20(28)29)21(14)17(25)11-24(15,16)4/h13-16,21H,5-12H2,1-4H3,(H,28,29)/t14-,15-,16+,21+,23-,24-/m0/s1.